The molecule has 3 aromatic rings. The fraction of sp³-hybridized carbons (Fsp3) is 0.333. The Bertz CT molecular complexity index is 1160. The lowest BCUT2D eigenvalue weighted by atomic mass is 9.82. The van der Waals surface area contributed by atoms with Gasteiger partial charge in [0.1, 0.15) is 17.2 Å². The highest BCUT2D eigenvalue weighted by atomic mass is 35.5. The van der Waals surface area contributed by atoms with Crippen molar-refractivity contribution in [3.05, 3.63) is 68.5 Å². The lowest BCUT2D eigenvalue weighted by molar-refractivity contribution is 0.0688. The van der Waals surface area contributed by atoms with E-state index >= 15 is 0 Å². The molecule has 0 bridgehead atoms. The molecule has 1 aliphatic rings. The molecule has 9 heteroatoms. The average molecular weight is 491 g/mol. The Labute approximate surface area is 201 Å². The number of aromatic carboxylic acids is 1. The average Bonchev–Trinajstić information content (AvgIpc) is 3.18. The molecule has 0 saturated carbocycles. The van der Waals surface area contributed by atoms with Gasteiger partial charge in [-0.15, -0.1) is 0 Å². The lowest BCUT2D eigenvalue weighted by Crippen LogP contribution is -2.18. The summed E-state index contributed by atoms with van der Waals surface area (Å²) in [6, 6.07) is 9.28. The zero-order chi connectivity index (χ0) is 23.7. The van der Waals surface area contributed by atoms with Crippen LogP contribution in [0.1, 0.15) is 45.2 Å². The van der Waals surface area contributed by atoms with Crippen LogP contribution in [0.2, 0.25) is 10.0 Å². The number of benzene rings is 2. The van der Waals surface area contributed by atoms with Gasteiger partial charge >= 0.3 is 5.97 Å². The van der Waals surface area contributed by atoms with Crippen LogP contribution < -0.4 is 14.2 Å². The number of fused-ring (bicyclic) bond motifs is 1. The van der Waals surface area contributed by atoms with E-state index < -0.39 is 5.97 Å². The van der Waals surface area contributed by atoms with E-state index in [9.17, 15) is 9.90 Å². The highest BCUT2D eigenvalue weighted by molar-refractivity contribution is 6.38. The Morgan fingerprint density at radius 1 is 1.09 bits per heavy atom. The molecule has 1 heterocycles. The van der Waals surface area contributed by atoms with Gasteiger partial charge in [0.25, 0.3) is 0 Å². The Morgan fingerprint density at radius 3 is 2.27 bits per heavy atom. The van der Waals surface area contributed by atoms with Crippen molar-refractivity contribution in [3.63, 3.8) is 0 Å². The van der Waals surface area contributed by atoms with Gasteiger partial charge in [-0.1, -0.05) is 35.3 Å². The summed E-state index contributed by atoms with van der Waals surface area (Å²) in [7, 11) is 4.70. The van der Waals surface area contributed by atoms with E-state index in [1.54, 1.807) is 32.1 Å². The summed E-state index contributed by atoms with van der Waals surface area (Å²) >= 11 is 13.3. The number of ether oxygens (including phenoxy) is 3. The van der Waals surface area contributed by atoms with Gasteiger partial charge in [0.15, 0.2) is 5.69 Å². The van der Waals surface area contributed by atoms with Crippen LogP contribution in [0.3, 0.4) is 0 Å². The fourth-order valence-electron chi connectivity index (χ4n) is 4.40. The quantitative estimate of drug-likeness (QED) is 0.487. The van der Waals surface area contributed by atoms with Crippen LogP contribution in [0.15, 0.2) is 30.3 Å². The van der Waals surface area contributed by atoms with Gasteiger partial charge in [-0.2, -0.15) is 5.10 Å². The highest BCUT2D eigenvalue weighted by Crippen LogP contribution is 2.47. The zero-order valence-corrected chi connectivity index (χ0v) is 20.0. The second kappa shape index (κ2) is 9.53. The van der Waals surface area contributed by atoms with Crippen molar-refractivity contribution >= 4 is 29.2 Å². The van der Waals surface area contributed by atoms with Crippen molar-refractivity contribution in [2.45, 2.75) is 31.7 Å². The maximum atomic E-state index is 11.9. The van der Waals surface area contributed by atoms with Gasteiger partial charge in [0, 0.05) is 22.9 Å². The van der Waals surface area contributed by atoms with E-state index in [1.165, 1.54) is 0 Å². The zero-order valence-electron chi connectivity index (χ0n) is 18.5. The summed E-state index contributed by atoms with van der Waals surface area (Å²) in [4.78, 5) is 11.9. The van der Waals surface area contributed by atoms with Gasteiger partial charge in [-0.05, 0) is 42.9 Å². The third-order valence-corrected chi connectivity index (χ3v) is 6.84. The lowest BCUT2D eigenvalue weighted by Gasteiger charge is -2.27. The molecular weight excluding hydrogens is 467 g/mol. The molecule has 4 rings (SSSR count). The van der Waals surface area contributed by atoms with Crippen molar-refractivity contribution in [1.29, 1.82) is 0 Å². The van der Waals surface area contributed by atoms with Crippen molar-refractivity contribution in [2.75, 3.05) is 21.3 Å². The number of carboxylic acid groups (broad SMARTS) is 1. The van der Waals surface area contributed by atoms with E-state index in [1.807, 2.05) is 24.3 Å². The third-order valence-electron chi connectivity index (χ3n) is 6.06. The molecule has 7 nitrogen and oxygen atoms in total. The number of nitrogens with zero attached hydrogens (tertiary/aromatic N) is 2. The van der Waals surface area contributed by atoms with Crippen LogP contribution >= 0.6 is 23.2 Å². The number of aromatic nitrogens is 2. The van der Waals surface area contributed by atoms with Gasteiger partial charge in [-0.25, -0.2) is 4.79 Å². The molecule has 1 atom stereocenters. The van der Waals surface area contributed by atoms with Gasteiger partial charge in [0.05, 0.1) is 37.9 Å². The number of methoxy groups -OCH3 is 3. The maximum absolute atomic E-state index is 11.9. The first-order valence-corrected chi connectivity index (χ1v) is 11.2. The Morgan fingerprint density at radius 2 is 1.73 bits per heavy atom. The molecule has 0 amide bonds. The fourth-order valence-corrected chi connectivity index (χ4v) is 5.20. The van der Waals surface area contributed by atoms with Gasteiger partial charge in [0.2, 0.25) is 0 Å². The van der Waals surface area contributed by atoms with Crippen LogP contribution in [0.5, 0.6) is 17.2 Å². The van der Waals surface area contributed by atoms with E-state index in [4.69, 9.17) is 37.4 Å². The molecule has 1 aromatic heterocycles. The monoisotopic (exact) mass is 490 g/mol. The van der Waals surface area contributed by atoms with E-state index in [-0.39, 0.29) is 11.6 Å². The molecule has 1 N–H and O–H groups in total. The van der Waals surface area contributed by atoms with Crippen LogP contribution in [0.25, 0.3) is 0 Å². The summed E-state index contributed by atoms with van der Waals surface area (Å²) in [5.41, 5.74) is 3.45. The highest BCUT2D eigenvalue weighted by Gasteiger charge is 2.33. The molecule has 0 spiro atoms. The molecule has 174 valence electrons. The summed E-state index contributed by atoms with van der Waals surface area (Å²) in [6.07, 6.45) is 1.77. The van der Waals surface area contributed by atoms with E-state index in [0.717, 1.165) is 28.1 Å². The minimum atomic E-state index is -1.03. The summed E-state index contributed by atoms with van der Waals surface area (Å²) in [5, 5.41) is 15.1. The molecule has 0 aliphatic heterocycles. The number of carbonyl (C=O) groups is 1. The number of hydrogen-bond donors (Lipinski definition) is 1. The number of rotatable bonds is 7. The summed E-state index contributed by atoms with van der Waals surface area (Å²) in [5.74, 6) is 0.643. The molecule has 1 unspecified atom stereocenters. The standard InChI is InChI=1S/C24H24Cl2N2O5/c1-31-15-7-4-13(5-8-15)12-28-17-10-14(6-9-16(17)23(27-28)24(29)30)20-21(25)18(32-2)11-19(33-3)22(20)26/h4-5,7-8,11,14H,6,9-10,12H2,1-3H3,(H,29,30). The normalized spacial score (nSPS) is 15.1. The van der Waals surface area contributed by atoms with Crippen molar-refractivity contribution in [2.24, 2.45) is 0 Å². The number of hydrogen-bond acceptors (Lipinski definition) is 5. The second-order valence-corrected chi connectivity index (χ2v) is 8.60. The molecule has 33 heavy (non-hydrogen) atoms. The summed E-state index contributed by atoms with van der Waals surface area (Å²) < 4.78 is 17.8. The molecule has 0 fully saturated rings. The van der Waals surface area contributed by atoms with Crippen LogP contribution in [-0.2, 0) is 19.4 Å². The number of carboxylic acids is 1. The predicted molar refractivity (Wildman–Crippen MR) is 126 cm³/mol. The molecule has 2 aromatic carbocycles. The molecule has 0 saturated heterocycles. The second-order valence-electron chi connectivity index (χ2n) is 7.85. The van der Waals surface area contributed by atoms with Crippen LogP contribution in [0.4, 0.5) is 0 Å². The SMILES string of the molecule is COc1ccc(Cn2nc(C(=O)O)c3c2CC(c2c(Cl)c(OC)cc(OC)c2Cl)CC3)cc1. The first-order valence-electron chi connectivity index (χ1n) is 10.4. The molecule has 1 aliphatic carbocycles. The predicted octanol–water partition coefficient (Wildman–Crippen LogP) is 5.23. The first-order chi connectivity index (χ1) is 15.9. The maximum Gasteiger partial charge on any atom is 0.356 e. The minimum Gasteiger partial charge on any atom is -0.497 e. The largest absolute Gasteiger partial charge is 0.497 e. The Balaban J connectivity index is 1.74. The smallest absolute Gasteiger partial charge is 0.356 e. The van der Waals surface area contributed by atoms with E-state index in [2.05, 4.69) is 5.10 Å². The van der Waals surface area contributed by atoms with E-state index in [0.29, 0.717) is 47.4 Å². The minimum absolute atomic E-state index is 0.0468. The van der Waals surface area contributed by atoms with Crippen molar-refractivity contribution in [3.8, 4) is 17.2 Å². The third kappa shape index (κ3) is 4.35. The van der Waals surface area contributed by atoms with Gasteiger partial charge < -0.3 is 19.3 Å². The molecular formula is C24H24Cl2N2O5. The number of halogens is 2. The Kier molecular flexibility index (Phi) is 6.72. The van der Waals surface area contributed by atoms with Crippen molar-refractivity contribution < 1.29 is 24.1 Å². The van der Waals surface area contributed by atoms with Crippen molar-refractivity contribution in [1.82, 2.24) is 9.78 Å². The van der Waals surface area contributed by atoms with Crippen LogP contribution in [-0.4, -0.2) is 42.2 Å². The first kappa shape index (κ1) is 23.3. The molecule has 0 radical (unpaired) electrons. The summed E-state index contributed by atoms with van der Waals surface area (Å²) in [6.45, 7) is 0.440. The van der Waals surface area contributed by atoms with Crippen LogP contribution in [0, 0.1) is 0 Å². The Hall–Kier alpha value is -2.90. The topological polar surface area (TPSA) is 82.8 Å². The van der Waals surface area contributed by atoms with Gasteiger partial charge in [-0.3, -0.25) is 4.68 Å².